The molecule has 0 unspecified atom stereocenters. The summed E-state index contributed by atoms with van der Waals surface area (Å²) in [6.07, 6.45) is 7.33. The van der Waals surface area contributed by atoms with E-state index in [-0.39, 0.29) is 5.82 Å². The van der Waals surface area contributed by atoms with Crippen LogP contribution in [0.1, 0.15) is 42.5 Å². The Morgan fingerprint density at radius 1 is 1.28 bits per heavy atom. The molecule has 3 heterocycles. The van der Waals surface area contributed by atoms with Crippen LogP contribution < -0.4 is 0 Å². The van der Waals surface area contributed by atoms with Crippen LogP contribution in [0.15, 0.2) is 37.0 Å². The molecule has 5 heteroatoms. The predicted octanol–water partition coefficient (Wildman–Crippen LogP) is 3.45. The van der Waals surface area contributed by atoms with Gasteiger partial charge in [-0.1, -0.05) is 18.7 Å². The molecular weight excluding hydrogens is 317 g/mol. The summed E-state index contributed by atoms with van der Waals surface area (Å²) in [7, 11) is 0. The third-order valence-corrected chi connectivity index (χ3v) is 5.86. The number of piperidine rings is 1. The first-order valence-electron chi connectivity index (χ1n) is 8.90. The van der Waals surface area contributed by atoms with Gasteiger partial charge in [0.25, 0.3) is 0 Å². The lowest BCUT2D eigenvalue weighted by Crippen LogP contribution is -2.49. The van der Waals surface area contributed by atoms with Crippen LogP contribution >= 0.6 is 0 Å². The first-order chi connectivity index (χ1) is 12.0. The van der Waals surface area contributed by atoms with E-state index in [0.29, 0.717) is 24.9 Å². The lowest BCUT2D eigenvalue weighted by Gasteiger charge is -2.44. The van der Waals surface area contributed by atoms with Crippen LogP contribution in [0, 0.1) is 12.7 Å². The standard InChI is InChI=1S/C20H24FN3O/c1-3-23-12-15(14(2)22-23)13-24-18-8-9-19(24)11-20(25,10-18)16-4-6-17(21)7-5-16/h3-7,12,18-19,25H,1,8-11,13H2,2H3/t18-,19-/m1/s1. The van der Waals surface area contributed by atoms with Gasteiger partial charge in [0.05, 0.1) is 11.3 Å². The van der Waals surface area contributed by atoms with Crippen molar-refractivity contribution in [3.8, 4) is 0 Å². The van der Waals surface area contributed by atoms with Crippen molar-refractivity contribution in [3.05, 3.63) is 59.7 Å². The number of fused-ring (bicyclic) bond motifs is 2. The maximum Gasteiger partial charge on any atom is 0.123 e. The van der Waals surface area contributed by atoms with E-state index in [1.807, 2.05) is 13.1 Å². The molecule has 132 valence electrons. The summed E-state index contributed by atoms with van der Waals surface area (Å²) in [5.41, 5.74) is 2.22. The van der Waals surface area contributed by atoms with Gasteiger partial charge in [-0.15, -0.1) is 0 Å². The van der Waals surface area contributed by atoms with Crippen molar-refractivity contribution >= 4 is 6.20 Å². The summed E-state index contributed by atoms with van der Waals surface area (Å²) < 4.78 is 15.0. The van der Waals surface area contributed by atoms with Crippen molar-refractivity contribution in [2.24, 2.45) is 0 Å². The smallest absolute Gasteiger partial charge is 0.123 e. The van der Waals surface area contributed by atoms with E-state index in [0.717, 1.165) is 30.6 Å². The van der Waals surface area contributed by atoms with Gasteiger partial charge in [-0.3, -0.25) is 4.90 Å². The fourth-order valence-electron chi connectivity index (χ4n) is 4.53. The molecule has 1 aromatic heterocycles. The normalized spacial score (nSPS) is 29.1. The summed E-state index contributed by atoms with van der Waals surface area (Å²) in [6.45, 7) is 6.64. The Labute approximate surface area is 147 Å². The molecule has 2 atom stereocenters. The van der Waals surface area contributed by atoms with Gasteiger partial charge in [0.1, 0.15) is 5.82 Å². The third kappa shape index (κ3) is 2.92. The molecule has 0 radical (unpaired) electrons. The van der Waals surface area contributed by atoms with Gasteiger partial charge in [0.15, 0.2) is 0 Å². The second-order valence-corrected chi connectivity index (χ2v) is 7.41. The van der Waals surface area contributed by atoms with Gasteiger partial charge >= 0.3 is 0 Å². The number of hydrogen-bond donors (Lipinski definition) is 1. The third-order valence-electron chi connectivity index (χ3n) is 5.86. The summed E-state index contributed by atoms with van der Waals surface area (Å²) in [4.78, 5) is 2.51. The molecule has 25 heavy (non-hydrogen) atoms. The molecule has 2 fully saturated rings. The number of aryl methyl sites for hydroxylation is 1. The van der Waals surface area contributed by atoms with Gasteiger partial charge in [0, 0.05) is 36.6 Å². The highest BCUT2D eigenvalue weighted by Gasteiger charge is 2.48. The van der Waals surface area contributed by atoms with E-state index in [1.165, 1.54) is 17.7 Å². The van der Waals surface area contributed by atoms with Crippen molar-refractivity contribution in [1.29, 1.82) is 0 Å². The molecule has 1 aromatic carbocycles. The zero-order chi connectivity index (χ0) is 17.6. The monoisotopic (exact) mass is 341 g/mol. The quantitative estimate of drug-likeness (QED) is 0.926. The molecule has 4 rings (SSSR count). The summed E-state index contributed by atoms with van der Waals surface area (Å²) in [6, 6.07) is 7.02. The van der Waals surface area contributed by atoms with E-state index in [1.54, 1.807) is 23.0 Å². The first kappa shape index (κ1) is 16.5. The highest BCUT2D eigenvalue weighted by atomic mass is 19.1. The highest BCUT2D eigenvalue weighted by Crippen LogP contribution is 2.46. The van der Waals surface area contributed by atoms with Gasteiger partial charge in [-0.2, -0.15) is 5.10 Å². The van der Waals surface area contributed by atoms with Gasteiger partial charge in [0.2, 0.25) is 0 Å². The molecule has 2 saturated heterocycles. The number of benzene rings is 1. The van der Waals surface area contributed by atoms with Crippen molar-refractivity contribution in [3.63, 3.8) is 0 Å². The second kappa shape index (κ2) is 6.07. The summed E-state index contributed by atoms with van der Waals surface area (Å²) in [5, 5.41) is 15.7. The Hall–Kier alpha value is -1.98. The molecule has 2 aliphatic rings. The van der Waals surface area contributed by atoms with Crippen LogP contribution in [0.25, 0.3) is 6.20 Å². The summed E-state index contributed by atoms with van der Waals surface area (Å²) in [5.74, 6) is -0.262. The van der Waals surface area contributed by atoms with Crippen LogP contribution in [0.4, 0.5) is 4.39 Å². The second-order valence-electron chi connectivity index (χ2n) is 7.41. The van der Waals surface area contributed by atoms with Crippen LogP contribution in [0.5, 0.6) is 0 Å². The zero-order valence-corrected chi connectivity index (χ0v) is 14.5. The van der Waals surface area contributed by atoms with E-state index < -0.39 is 5.60 Å². The number of aromatic nitrogens is 2. The van der Waals surface area contributed by atoms with E-state index in [9.17, 15) is 9.50 Å². The number of rotatable bonds is 4. The number of halogens is 1. The van der Waals surface area contributed by atoms with E-state index in [2.05, 4.69) is 16.6 Å². The topological polar surface area (TPSA) is 41.3 Å². The molecule has 2 bridgehead atoms. The Kier molecular flexibility index (Phi) is 4.01. The fraction of sp³-hybridized carbons (Fsp3) is 0.450. The molecule has 0 spiro atoms. The number of nitrogens with zero attached hydrogens (tertiary/aromatic N) is 3. The minimum absolute atomic E-state index is 0.262. The van der Waals surface area contributed by atoms with Crippen molar-refractivity contribution in [1.82, 2.24) is 14.7 Å². The van der Waals surface area contributed by atoms with Crippen LogP contribution in [-0.4, -0.2) is 31.9 Å². The average molecular weight is 341 g/mol. The van der Waals surface area contributed by atoms with Gasteiger partial charge in [-0.25, -0.2) is 9.07 Å². The largest absolute Gasteiger partial charge is 0.385 e. The van der Waals surface area contributed by atoms with Gasteiger partial charge < -0.3 is 5.11 Å². The molecular formula is C20H24FN3O. The maximum atomic E-state index is 13.2. The summed E-state index contributed by atoms with van der Waals surface area (Å²) >= 11 is 0. The minimum atomic E-state index is -0.851. The number of hydrogen-bond acceptors (Lipinski definition) is 3. The predicted molar refractivity (Wildman–Crippen MR) is 95.2 cm³/mol. The Balaban J connectivity index is 1.54. The molecule has 2 aliphatic heterocycles. The molecule has 1 N–H and O–H groups in total. The maximum absolute atomic E-state index is 13.2. The van der Waals surface area contributed by atoms with Crippen molar-refractivity contribution in [2.45, 2.75) is 56.8 Å². The zero-order valence-electron chi connectivity index (χ0n) is 14.5. The Bertz CT molecular complexity index is 769. The fourth-order valence-corrected chi connectivity index (χ4v) is 4.53. The Morgan fingerprint density at radius 3 is 2.48 bits per heavy atom. The molecule has 2 aromatic rings. The molecule has 4 nitrogen and oxygen atoms in total. The lowest BCUT2D eigenvalue weighted by molar-refractivity contribution is -0.0595. The van der Waals surface area contributed by atoms with Crippen LogP contribution in [-0.2, 0) is 12.1 Å². The van der Waals surface area contributed by atoms with Crippen molar-refractivity contribution in [2.75, 3.05) is 0 Å². The molecule has 0 saturated carbocycles. The highest BCUT2D eigenvalue weighted by molar-refractivity contribution is 5.27. The lowest BCUT2D eigenvalue weighted by atomic mass is 9.80. The Morgan fingerprint density at radius 2 is 1.92 bits per heavy atom. The minimum Gasteiger partial charge on any atom is -0.385 e. The molecule has 0 aliphatic carbocycles. The van der Waals surface area contributed by atoms with Crippen LogP contribution in [0.2, 0.25) is 0 Å². The molecule has 0 amide bonds. The average Bonchev–Trinajstić information content (AvgIpc) is 3.06. The SMILES string of the molecule is C=Cn1cc(CN2[C@@H]3CC[C@@H]2CC(O)(c2ccc(F)cc2)C3)c(C)n1. The number of aliphatic hydroxyl groups is 1. The van der Waals surface area contributed by atoms with Gasteiger partial charge in [-0.05, 0) is 50.3 Å². The van der Waals surface area contributed by atoms with E-state index in [4.69, 9.17) is 0 Å². The van der Waals surface area contributed by atoms with E-state index >= 15 is 0 Å². The first-order valence-corrected chi connectivity index (χ1v) is 8.90. The van der Waals surface area contributed by atoms with Crippen LogP contribution in [0.3, 0.4) is 0 Å². The van der Waals surface area contributed by atoms with Crippen molar-refractivity contribution < 1.29 is 9.50 Å².